The van der Waals surface area contributed by atoms with E-state index in [4.69, 9.17) is 17.3 Å². The molecule has 2 aromatic rings. The second-order valence-corrected chi connectivity index (χ2v) is 6.19. The minimum absolute atomic E-state index is 0.213. The Hall–Kier alpha value is -3.51. The Morgan fingerprint density at radius 1 is 1.21 bits per heavy atom. The van der Waals surface area contributed by atoms with Gasteiger partial charge in [-0.25, -0.2) is 0 Å². The highest BCUT2D eigenvalue weighted by Crippen LogP contribution is 2.36. The molecule has 2 amide bonds. The van der Waals surface area contributed by atoms with Crippen molar-refractivity contribution in [1.82, 2.24) is 0 Å². The van der Waals surface area contributed by atoms with Crippen LogP contribution in [0.15, 0.2) is 54.2 Å². The van der Waals surface area contributed by atoms with Gasteiger partial charge in [0.05, 0.1) is 10.6 Å². The lowest BCUT2D eigenvalue weighted by Crippen LogP contribution is -2.25. The first-order valence-corrected chi connectivity index (χ1v) is 8.36. The van der Waals surface area contributed by atoms with Crippen molar-refractivity contribution in [2.45, 2.75) is 13.1 Å². The van der Waals surface area contributed by atoms with Crippen LogP contribution in [0.2, 0.25) is 5.02 Å². The molecule has 0 aromatic heterocycles. The molecule has 2 rings (SSSR count). The first kappa shape index (κ1) is 21.8. The van der Waals surface area contributed by atoms with Gasteiger partial charge in [-0.3, -0.25) is 14.5 Å². The predicted molar refractivity (Wildman–Crippen MR) is 103 cm³/mol. The average molecular weight is 423 g/mol. The number of halogens is 4. The number of hydrogen-bond acceptors (Lipinski definition) is 4. The van der Waals surface area contributed by atoms with Crippen LogP contribution in [0.3, 0.4) is 0 Å². The number of rotatable bonds is 4. The molecule has 150 valence electrons. The summed E-state index contributed by atoms with van der Waals surface area (Å²) in [6, 6.07) is 10.5. The molecule has 0 atom stereocenters. The summed E-state index contributed by atoms with van der Waals surface area (Å²) in [5, 5.41) is 10.9. The Bertz CT molecular complexity index is 1010. The SMILES string of the molecule is CC(=O)N(/C=C(/C#N)C(=O)Nc1ccc(Cl)c(C(F)(F)F)c1)c1ccc(N)cc1. The minimum atomic E-state index is -4.72. The Kier molecular flexibility index (Phi) is 6.51. The summed E-state index contributed by atoms with van der Waals surface area (Å²) in [6.07, 6.45) is -3.73. The molecule has 6 nitrogen and oxygen atoms in total. The molecule has 0 aliphatic rings. The Balaban J connectivity index is 2.33. The summed E-state index contributed by atoms with van der Waals surface area (Å²) in [6.45, 7) is 1.22. The van der Waals surface area contributed by atoms with E-state index in [0.29, 0.717) is 17.4 Å². The smallest absolute Gasteiger partial charge is 0.399 e. The van der Waals surface area contributed by atoms with E-state index in [0.717, 1.165) is 23.2 Å². The molecule has 0 unspecified atom stereocenters. The van der Waals surface area contributed by atoms with Crippen LogP contribution in [0.25, 0.3) is 0 Å². The van der Waals surface area contributed by atoms with Gasteiger partial charge < -0.3 is 11.1 Å². The number of nitriles is 1. The van der Waals surface area contributed by atoms with E-state index in [1.165, 1.54) is 31.2 Å². The van der Waals surface area contributed by atoms with Gasteiger partial charge in [-0.15, -0.1) is 0 Å². The van der Waals surface area contributed by atoms with Gasteiger partial charge in [0.2, 0.25) is 5.91 Å². The normalized spacial score (nSPS) is 11.5. The standard InChI is InChI=1S/C19H14ClF3N4O2/c1-11(28)27(15-5-2-13(25)3-6-15)10-12(9-24)18(29)26-14-4-7-17(20)16(8-14)19(21,22)23/h2-8,10H,25H2,1H3,(H,26,29)/b12-10-. The van der Waals surface area contributed by atoms with Gasteiger partial charge in [0, 0.05) is 30.2 Å². The zero-order valence-corrected chi connectivity index (χ0v) is 15.7. The molecule has 0 heterocycles. The number of carbonyl (C=O) groups is 2. The van der Waals surface area contributed by atoms with Crippen LogP contribution >= 0.6 is 11.6 Å². The maximum absolute atomic E-state index is 13.0. The highest BCUT2D eigenvalue weighted by molar-refractivity contribution is 6.31. The quantitative estimate of drug-likeness (QED) is 0.435. The van der Waals surface area contributed by atoms with E-state index >= 15 is 0 Å². The third kappa shape index (κ3) is 5.49. The van der Waals surface area contributed by atoms with E-state index in [-0.39, 0.29) is 5.69 Å². The molecule has 0 bridgehead atoms. The second kappa shape index (κ2) is 8.67. The summed E-state index contributed by atoms with van der Waals surface area (Å²) in [4.78, 5) is 25.3. The van der Waals surface area contributed by atoms with E-state index in [2.05, 4.69) is 5.32 Å². The topological polar surface area (TPSA) is 99.2 Å². The van der Waals surface area contributed by atoms with Crippen LogP contribution in [0.4, 0.5) is 30.2 Å². The lowest BCUT2D eigenvalue weighted by Gasteiger charge is -2.17. The summed E-state index contributed by atoms with van der Waals surface area (Å²) in [5.41, 5.74) is 4.54. The number of carbonyl (C=O) groups excluding carboxylic acids is 2. The summed E-state index contributed by atoms with van der Waals surface area (Å²) in [5.74, 6) is -1.49. The monoisotopic (exact) mass is 422 g/mol. The predicted octanol–water partition coefficient (Wildman–Crippen LogP) is 4.34. The van der Waals surface area contributed by atoms with Crippen LogP contribution in [0.5, 0.6) is 0 Å². The summed E-state index contributed by atoms with van der Waals surface area (Å²) >= 11 is 5.54. The molecule has 29 heavy (non-hydrogen) atoms. The van der Waals surface area contributed by atoms with Crippen LogP contribution < -0.4 is 16.0 Å². The fraction of sp³-hybridized carbons (Fsp3) is 0.105. The molecule has 3 N–H and O–H groups in total. The number of nitrogens with two attached hydrogens (primary N) is 1. The number of hydrogen-bond donors (Lipinski definition) is 2. The van der Waals surface area contributed by atoms with Crippen LogP contribution in [-0.4, -0.2) is 11.8 Å². The van der Waals surface area contributed by atoms with Crippen molar-refractivity contribution in [3.8, 4) is 6.07 Å². The molecule has 0 saturated carbocycles. The lowest BCUT2D eigenvalue weighted by molar-refractivity contribution is -0.137. The maximum Gasteiger partial charge on any atom is 0.417 e. The van der Waals surface area contributed by atoms with Crippen molar-refractivity contribution < 1.29 is 22.8 Å². The fourth-order valence-corrected chi connectivity index (χ4v) is 2.49. The van der Waals surface area contributed by atoms with Gasteiger partial charge >= 0.3 is 6.18 Å². The molecule has 0 aliphatic carbocycles. The fourth-order valence-electron chi connectivity index (χ4n) is 2.27. The number of amides is 2. The first-order valence-electron chi connectivity index (χ1n) is 7.98. The third-order valence-corrected chi connectivity index (χ3v) is 3.99. The number of nitrogens with zero attached hydrogens (tertiary/aromatic N) is 2. The summed E-state index contributed by atoms with van der Waals surface area (Å²) in [7, 11) is 0. The van der Waals surface area contributed by atoms with Crippen molar-refractivity contribution in [1.29, 1.82) is 5.26 Å². The van der Waals surface area contributed by atoms with Crippen molar-refractivity contribution in [3.63, 3.8) is 0 Å². The number of anilines is 3. The molecule has 2 aromatic carbocycles. The molecule has 0 saturated heterocycles. The zero-order valence-electron chi connectivity index (χ0n) is 14.9. The van der Waals surface area contributed by atoms with E-state index in [1.807, 2.05) is 0 Å². The van der Waals surface area contributed by atoms with Crippen molar-refractivity contribution in [3.05, 3.63) is 64.8 Å². The van der Waals surface area contributed by atoms with Gasteiger partial charge in [-0.2, -0.15) is 18.4 Å². The zero-order chi connectivity index (χ0) is 21.8. The van der Waals surface area contributed by atoms with Gasteiger partial charge in [0.15, 0.2) is 0 Å². The number of nitrogens with one attached hydrogen (secondary N) is 1. The molecule has 0 spiro atoms. The van der Waals surface area contributed by atoms with Gasteiger partial charge in [0.25, 0.3) is 5.91 Å². The highest BCUT2D eigenvalue weighted by atomic mass is 35.5. The van der Waals surface area contributed by atoms with Gasteiger partial charge in [-0.05, 0) is 42.5 Å². The molecule has 0 fully saturated rings. The van der Waals surface area contributed by atoms with E-state index in [9.17, 15) is 28.0 Å². The average Bonchev–Trinajstić information content (AvgIpc) is 2.64. The Morgan fingerprint density at radius 3 is 2.34 bits per heavy atom. The first-order chi connectivity index (χ1) is 13.5. The van der Waals surface area contributed by atoms with Gasteiger partial charge in [-0.1, -0.05) is 11.6 Å². The number of benzene rings is 2. The Labute approximate surface area is 169 Å². The van der Waals surface area contributed by atoms with Gasteiger partial charge in [0.1, 0.15) is 11.6 Å². The largest absolute Gasteiger partial charge is 0.417 e. The van der Waals surface area contributed by atoms with Crippen molar-refractivity contribution in [2.24, 2.45) is 0 Å². The molecule has 0 radical (unpaired) electrons. The van der Waals surface area contributed by atoms with Crippen LogP contribution in [0.1, 0.15) is 12.5 Å². The van der Waals surface area contributed by atoms with Crippen LogP contribution in [0, 0.1) is 11.3 Å². The number of nitrogen functional groups attached to an aromatic ring is 1. The van der Waals surface area contributed by atoms with E-state index in [1.54, 1.807) is 6.07 Å². The van der Waals surface area contributed by atoms with Crippen molar-refractivity contribution >= 4 is 40.5 Å². The molecule has 10 heteroatoms. The van der Waals surface area contributed by atoms with Crippen LogP contribution in [-0.2, 0) is 15.8 Å². The molecular weight excluding hydrogens is 409 g/mol. The molecule has 0 aliphatic heterocycles. The maximum atomic E-state index is 13.0. The lowest BCUT2D eigenvalue weighted by atomic mass is 10.2. The Morgan fingerprint density at radius 2 is 1.83 bits per heavy atom. The highest BCUT2D eigenvalue weighted by Gasteiger charge is 2.33. The van der Waals surface area contributed by atoms with Crippen molar-refractivity contribution in [2.75, 3.05) is 16.0 Å². The summed E-state index contributed by atoms with van der Waals surface area (Å²) < 4.78 is 38.9. The number of alkyl halides is 3. The minimum Gasteiger partial charge on any atom is -0.399 e. The molecular formula is C19H14ClF3N4O2. The van der Waals surface area contributed by atoms with E-state index < -0.39 is 34.1 Å². The second-order valence-electron chi connectivity index (χ2n) is 5.78. The third-order valence-electron chi connectivity index (χ3n) is 3.66.